The zero-order valence-corrected chi connectivity index (χ0v) is 10.4. The fourth-order valence-electron chi connectivity index (χ4n) is 2.76. The van der Waals surface area contributed by atoms with Crippen LogP contribution in [-0.2, 0) is 4.74 Å². The summed E-state index contributed by atoms with van der Waals surface area (Å²) in [5.41, 5.74) is 8.09. The molecule has 0 bridgehead atoms. The molecule has 16 heavy (non-hydrogen) atoms. The van der Waals surface area contributed by atoms with Crippen LogP contribution in [0.3, 0.4) is 0 Å². The molecule has 1 unspecified atom stereocenters. The molecule has 1 aliphatic carbocycles. The Morgan fingerprint density at radius 2 is 1.94 bits per heavy atom. The van der Waals surface area contributed by atoms with Crippen LogP contribution in [0.15, 0.2) is 23.4 Å². The molecule has 1 heterocycles. The van der Waals surface area contributed by atoms with Crippen LogP contribution in [0, 0.1) is 0 Å². The molecule has 3 atom stereocenters. The fraction of sp³-hybridized carbons (Fsp3) is 0.692. The third-order valence-corrected chi connectivity index (χ3v) is 3.39. The number of nitrogens with two attached hydrogens (primary N) is 1. The average Bonchev–Trinajstić information content (AvgIpc) is 2.15. The minimum absolute atomic E-state index is 0.333. The number of allylic oxidation sites excluding steroid dienone is 1. The van der Waals surface area contributed by atoms with Crippen LogP contribution in [0.25, 0.3) is 0 Å². The normalized spacial score (nSPS) is 36.8. The second-order valence-electron chi connectivity index (χ2n) is 5.06. The van der Waals surface area contributed by atoms with Gasteiger partial charge in [-0.3, -0.25) is 4.90 Å². The van der Waals surface area contributed by atoms with Gasteiger partial charge in [0.2, 0.25) is 0 Å². The van der Waals surface area contributed by atoms with Gasteiger partial charge in [0.05, 0.1) is 12.2 Å². The molecule has 0 aromatic carbocycles. The first-order valence-electron chi connectivity index (χ1n) is 6.09. The summed E-state index contributed by atoms with van der Waals surface area (Å²) in [5, 5.41) is 0. The van der Waals surface area contributed by atoms with Gasteiger partial charge in [0, 0.05) is 24.8 Å². The first kappa shape index (κ1) is 11.7. The van der Waals surface area contributed by atoms with Crippen LogP contribution in [0.5, 0.6) is 0 Å². The molecule has 0 amide bonds. The smallest absolute Gasteiger partial charge is 0.0678 e. The molecule has 0 aromatic heterocycles. The van der Waals surface area contributed by atoms with Crippen LogP contribution in [0.4, 0.5) is 0 Å². The van der Waals surface area contributed by atoms with Gasteiger partial charge in [0.1, 0.15) is 0 Å². The van der Waals surface area contributed by atoms with E-state index in [0.717, 1.165) is 25.2 Å². The predicted octanol–water partition coefficient (Wildman–Crippen LogP) is 1.66. The van der Waals surface area contributed by atoms with Gasteiger partial charge in [0.25, 0.3) is 0 Å². The maximum absolute atomic E-state index is 5.81. The Labute approximate surface area is 97.9 Å². The second kappa shape index (κ2) is 4.60. The van der Waals surface area contributed by atoms with Gasteiger partial charge in [-0.1, -0.05) is 11.6 Å². The summed E-state index contributed by atoms with van der Waals surface area (Å²) < 4.78 is 5.76. The number of nitrogens with zero attached hydrogens (tertiary/aromatic N) is 1. The quantitative estimate of drug-likeness (QED) is 0.733. The lowest BCUT2D eigenvalue weighted by Crippen LogP contribution is -2.50. The van der Waals surface area contributed by atoms with Gasteiger partial charge in [-0.2, -0.15) is 0 Å². The maximum atomic E-state index is 5.81. The number of rotatable bonds is 1. The number of hydrogen-bond acceptors (Lipinski definition) is 3. The van der Waals surface area contributed by atoms with E-state index in [1.165, 1.54) is 5.57 Å². The topological polar surface area (TPSA) is 38.5 Å². The van der Waals surface area contributed by atoms with E-state index < -0.39 is 0 Å². The van der Waals surface area contributed by atoms with Crippen molar-refractivity contribution < 1.29 is 4.74 Å². The molecule has 0 aromatic rings. The lowest BCUT2D eigenvalue weighted by Gasteiger charge is -2.41. The molecule has 3 heteroatoms. The number of morpholine rings is 1. The third kappa shape index (κ3) is 2.47. The van der Waals surface area contributed by atoms with Crippen molar-refractivity contribution in [3.63, 3.8) is 0 Å². The van der Waals surface area contributed by atoms with E-state index in [1.54, 1.807) is 0 Å². The van der Waals surface area contributed by atoms with E-state index in [4.69, 9.17) is 10.5 Å². The summed E-state index contributed by atoms with van der Waals surface area (Å²) in [4.78, 5) is 2.52. The molecular formula is C13H22N2O. The van der Waals surface area contributed by atoms with Gasteiger partial charge >= 0.3 is 0 Å². The van der Waals surface area contributed by atoms with Crippen molar-refractivity contribution in [2.45, 2.75) is 45.4 Å². The molecule has 0 radical (unpaired) electrons. The van der Waals surface area contributed by atoms with Crippen molar-refractivity contribution in [1.29, 1.82) is 0 Å². The average molecular weight is 222 g/mol. The molecule has 0 spiro atoms. The molecule has 3 nitrogen and oxygen atoms in total. The minimum Gasteiger partial charge on any atom is -0.399 e. The van der Waals surface area contributed by atoms with Crippen LogP contribution < -0.4 is 5.73 Å². The van der Waals surface area contributed by atoms with Crippen molar-refractivity contribution >= 4 is 0 Å². The van der Waals surface area contributed by atoms with Gasteiger partial charge in [-0.05, 0) is 33.3 Å². The lowest BCUT2D eigenvalue weighted by atomic mass is 9.96. The Morgan fingerprint density at radius 1 is 1.31 bits per heavy atom. The molecule has 1 saturated heterocycles. The van der Waals surface area contributed by atoms with Crippen molar-refractivity contribution in [2.75, 3.05) is 13.1 Å². The summed E-state index contributed by atoms with van der Waals surface area (Å²) in [6, 6.07) is 0.515. The first-order valence-corrected chi connectivity index (χ1v) is 6.09. The van der Waals surface area contributed by atoms with Crippen molar-refractivity contribution in [3.05, 3.63) is 23.4 Å². The van der Waals surface area contributed by atoms with Crippen LogP contribution in [0.2, 0.25) is 0 Å². The fourth-order valence-corrected chi connectivity index (χ4v) is 2.76. The standard InChI is InChI=1S/C13H22N2O/c1-9-6-12(14)4-5-13(9)15-7-10(2)16-11(3)8-15/h4,6,10-11,13H,5,7-8,14H2,1-3H3/t10-,11+,13?. The molecule has 2 rings (SSSR count). The maximum Gasteiger partial charge on any atom is 0.0678 e. The SMILES string of the molecule is CC1=CC(N)=CCC1N1C[C@@H](C)O[C@@H](C)C1. The summed E-state index contributed by atoms with van der Waals surface area (Å²) >= 11 is 0. The van der Waals surface area contributed by atoms with Crippen LogP contribution in [0.1, 0.15) is 27.2 Å². The summed E-state index contributed by atoms with van der Waals surface area (Å²) in [7, 11) is 0. The Morgan fingerprint density at radius 3 is 2.50 bits per heavy atom. The Hall–Kier alpha value is -0.800. The number of ether oxygens (including phenoxy) is 1. The van der Waals surface area contributed by atoms with Crippen molar-refractivity contribution in [2.24, 2.45) is 5.73 Å². The van der Waals surface area contributed by atoms with E-state index in [-0.39, 0.29) is 0 Å². The zero-order chi connectivity index (χ0) is 11.7. The molecule has 2 N–H and O–H groups in total. The first-order chi connectivity index (χ1) is 7.56. The third-order valence-electron chi connectivity index (χ3n) is 3.39. The molecule has 0 saturated carbocycles. The summed E-state index contributed by atoms with van der Waals surface area (Å²) in [6.07, 6.45) is 5.93. The van der Waals surface area contributed by atoms with Gasteiger partial charge in [-0.15, -0.1) is 0 Å². The Kier molecular flexibility index (Phi) is 3.36. The van der Waals surface area contributed by atoms with Gasteiger partial charge < -0.3 is 10.5 Å². The minimum atomic E-state index is 0.333. The molecule has 90 valence electrons. The highest BCUT2D eigenvalue weighted by Gasteiger charge is 2.29. The highest BCUT2D eigenvalue weighted by Crippen LogP contribution is 2.24. The molecule has 2 aliphatic rings. The summed E-state index contributed by atoms with van der Waals surface area (Å²) in [6.45, 7) is 8.51. The molecular weight excluding hydrogens is 200 g/mol. The second-order valence-corrected chi connectivity index (χ2v) is 5.06. The van der Waals surface area contributed by atoms with Gasteiger partial charge in [0.15, 0.2) is 0 Å². The lowest BCUT2D eigenvalue weighted by molar-refractivity contribution is -0.0762. The van der Waals surface area contributed by atoms with Crippen molar-refractivity contribution in [3.8, 4) is 0 Å². The highest BCUT2D eigenvalue weighted by molar-refractivity contribution is 5.28. The van der Waals surface area contributed by atoms with E-state index in [0.29, 0.717) is 18.2 Å². The van der Waals surface area contributed by atoms with E-state index in [2.05, 4.69) is 37.8 Å². The molecule has 1 aliphatic heterocycles. The molecule has 1 fully saturated rings. The van der Waals surface area contributed by atoms with Crippen LogP contribution in [-0.4, -0.2) is 36.2 Å². The van der Waals surface area contributed by atoms with E-state index in [1.807, 2.05) is 0 Å². The monoisotopic (exact) mass is 222 g/mol. The van der Waals surface area contributed by atoms with Gasteiger partial charge in [-0.25, -0.2) is 0 Å². The highest BCUT2D eigenvalue weighted by atomic mass is 16.5. The van der Waals surface area contributed by atoms with Crippen molar-refractivity contribution in [1.82, 2.24) is 4.90 Å². The predicted molar refractivity (Wildman–Crippen MR) is 66.0 cm³/mol. The zero-order valence-electron chi connectivity index (χ0n) is 10.4. The number of hydrogen-bond donors (Lipinski definition) is 1. The largest absolute Gasteiger partial charge is 0.399 e. The Bertz CT molecular complexity index is 312. The Balaban J connectivity index is 2.06. The van der Waals surface area contributed by atoms with E-state index >= 15 is 0 Å². The van der Waals surface area contributed by atoms with Crippen LogP contribution >= 0.6 is 0 Å². The summed E-state index contributed by atoms with van der Waals surface area (Å²) in [5.74, 6) is 0. The van der Waals surface area contributed by atoms with E-state index in [9.17, 15) is 0 Å².